The molecule has 5 heteroatoms. The standard InChI is InChI=1S/C38H31N2S.C12H10N.Ir/c1-25-21-30(26-13-7-5-8-14-26)36(31(22-25)27-15-9-6-10-16-27)40-34-18-12-11-17-33(34)39-37(40)32-24-41-35-23-28(38(2,3)4)19-20-29(32)35;1-10-7-8-12(13-9-10)11-5-3-2-4-6-11;/h5-23H,1-4H3;2-5,7-9H,1H3;/q2*-1;/i;1D3;. The number of para-hydroxylation sites is 2. The number of pyridine rings is 1. The van der Waals surface area contributed by atoms with Crippen molar-refractivity contribution in [3.63, 3.8) is 0 Å². The smallest absolute Gasteiger partial charge is 0.0774 e. The molecule has 3 aromatic heterocycles. The number of imidazole rings is 1. The van der Waals surface area contributed by atoms with Crippen molar-refractivity contribution in [2.75, 3.05) is 0 Å². The largest absolute Gasteiger partial charge is 0.332 e. The van der Waals surface area contributed by atoms with Crippen molar-refractivity contribution in [1.82, 2.24) is 14.5 Å². The van der Waals surface area contributed by atoms with Crippen LogP contribution < -0.4 is 0 Å². The molecule has 0 atom stereocenters. The van der Waals surface area contributed by atoms with Gasteiger partial charge in [0.2, 0.25) is 0 Å². The molecule has 6 aromatic carbocycles. The van der Waals surface area contributed by atoms with Gasteiger partial charge in [-0.2, -0.15) is 0 Å². The Labute approximate surface area is 346 Å². The first-order valence-corrected chi connectivity index (χ1v) is 18.9. The molecule has 273 valence electrons. The van der Waals surface area contributed by atoms with E-state index < -0.39 is 6.85 Å². The van der Waals surface area contributed by atoms with Crippen LogP contribution in [0.15, 0.2) is 158 Å². The molecule has 0 fully saturated rings. The minimum Gasteiger partial charge on any atom is -0.332 e. The van der Waals surface area contributed by atoms with Crippen LogP contribution in [-0.4, -0.2) is 14.5 Å². The molecule has 1 radical (unpaired) electrons. The van der Waals surface area contributed by atoms with Crippen LogP contribution in [-0.2, 0) is 25.5 Å². The van der Waals surface area contributed by atoms with Crippen molar-refractivity contribution in [3.05, 3.63) is 186 Å². The Hall–Kier alpha value is -5.45. The molecule has 9 rings (SSSR count). The van der Waals surface area contributed by atoms with E-state index in [2.05, 4.69) is 164 Å². The van der Waals surface area contributed by atoms with Gasteiger partial charge in [0, 0.05) is 41.5 Å². The molecule has 0 aliphatic carbocycles. The zero-order valence-corrected chi connectivity index (χ0v) is 34.3. The summed E-state index contributed by atoms with van der Waals surface area (Å²) in [5.41, 5.74) is 13.4. The number of hydrogen-bond acceptors (Lipinski definition) is 3. The Morgan fingerprint density at radius 1 is 0.709 bits per heavy atom. The van der Waals surface area contributed by atoms with Gasteiger partial charge in [0.05, 0.1) is 22.5 Å². The maximum absolute atomic E-state index is 7.23. The Balaban J connectivity index is 0.000000254. The first kappa shape index (κ1) is 34.1. The molecular formula is C50H41IrN3S-2. The van der Waals surface area contributed by atoms with Gasteiger partial charge in [0.1, 0.15) is 0 Å². The van der Waals surface area contributed by atoms with Gasteiger partial charge in [-0.25, -0.2) is 0 Å². The van der Waals surface area contributed by atoms with Crippen molar-refractivity contribution in [3.8, 4) is 50.6 Å². The summed E-state index contributed by atoms with van der Waals surface area (Å²) in [5, 5.41) is 4.86. The Bertz CT molecular complexity index is 2750. The summed E-state index contributed by atoms with van der Waals surface area (Å²) in [6.45, 7) is 6.88. The number of nitrogens with zero attached hydrogens (tertiary/aromatic N) is 3. The number of aromatic nitrogens is 3. The molecule has 0 aliphatic heterocycles. The van der Waals surface area contributed by atoms with Crippen LogP contribution >= 0.6 is 11.3 Å². The quantitative estimate of drug-likeness (QED) is 0.161. The van der Waals surface area contributed by atoms with Gasteiger partial charge in [0.25, 0.3) is 0 Å². The average molecular weight is 911 g/mol. The Morgan fingerprint density at radius 2 is 1.38 bits per heavy atom. The van der Waals surface area contributed by atoms with Crippen LogP contribution in [0.5, 0.6) is 0 Å². The number of aryl methyl sites for hydroxylation is 2. The summed E-state index contributed by atoms with van der Waals surface area (Å²) in [5.74, 6) is 0.916. The van der Waals surface area contributed by atoms with Gasteiger partial charge in [-0.05, 0) is 71.4 Å². The summed E-state index contributed by atoms with van der Waals surface area (Å²) in [6.07, 6.45) is 1.39. The molecule has 0 saturated heterocycles. The van der Waals surface area contributed by atoms with Crippen LogP contribution in [0.4, 0.5) is 0 Å². The first-order chi connectivity index (χ1) is 27.5. The van der Waals surface area contributed by atoms with Gasteiger partial charge in [-0.15, -0.1) is 47.3 Å². The van der Waals surface area contributed by atoms with Gasteiger partial charge in [-0.3, -0.25) is 16.3 Å². The van der Waals surface area contributed by atoms with E-state index in [0.717, 1.165) is 39.4 Å². The zero-order chi connectivity index (χ0) is 39.7. The molecule has 0 saturated carbocycles. The second kappa shape index (κ2) is 16.1. The van der Waals surface area contributed by atoms with E-state index in [9.17, 15) is 0 Å². The third-order valence-electron chi connectivity index (χ3n) is 9.56. The Kier molecular flexibility index (Phi) is 9.98. The fourth-order valence-corrected chi connectivity index (χ4v) is 7.71. The molecule has 0 bridgehead atoms. The van der Waals surface area contributed by atoms with E-state index in [0.29, 0.717) is 0 Å². The van der Waals surface area contributed by atoms with Crippen LogP contribution in [0.2, 0.25) is 0 Å². The minimum absolute atomic E-state index is 0. The van der Waals surface area contributed by atoms with Gasteiger partial charge in [-0.1, -0.05) is 139 Å². The fraction of sp³-hybridized carbons (Fsp3) is 0.120. The maximum atomic E-state index is 7.23. The number of thiophene rings is 1. The maximum Gasteiger partial charge on any atom is 0.0774 e. The van der Waals surface area contributed by atoms with E-state index in [-0.39, 0.29) is 31.1 Å². The van der Waals surface area contributed by atoms with Gasteiger partial charge < -0.3 is 9.55 Å². The number of rotatable bonds is 5. The molecule has 0 N–H and O–H groups in total. The second-order valence-corrected chi connectivity index (χ2v) is 15.3. The van der Waals surface area contributed by atoms with Crippen LogP contribution in [0.25, 0.3) is 71.7 Å². The first-order valence-electron chi connectivity index (χ1n) is 19.6. The SMILES string of the molecule is Cc1cc(-c2ccccc2)c(-n2c(-c3[c-]sc4cc(C(C)(C)C)ccc34)nc3ccccc32)c(-c2ccccc2)c1.[2H]C([2H])([2H])c1ccc(-c2[c-]cccc2)nc1.[Ir]. The van der Waals surface area contributed by atoms with Crippen molar-refractivity contribution in [2.24, 2.45) is 0 Å². The Morgan fingerprint density at radius 3 is 2.00 bits per heavy atom. The summed E-state index contributed by atoms with van der Waals surface area (Å²) in [7, 11) is 0. The van der Waals surface area contributed by atoms with Crippen molar-refractivity contribution in [2.45, 2.75) is 40.0 Å². The van der Waals surface area contributed by atoms with Crippen molar-refractivity contribution < 1.29 is 24.2 Å². The number of hydrogen-bond donors (Lipinski definition) is 0. The van der Waals surface area contributed by atoms with E-state index in [1.165, 1.54) is 49.7 Å². The van der Waals surface area contributed by atoms with E-state index in [1.54, 1.807) is 29.5 Å². The van der Waals surface area contributed by atoms with Crippen LogP contribution in [0, 0.1) is 25.2 Å². The van der Waals surface area contributed by atoms with Crippen molar-refractivity contribution in [1.29, 1.82) is 0 Å². The predicted octanol–water partition coefficient (Wildman–Crippen LogP) is 13.5. The summed E-state index contributed by atoms with van der Waals surface area (Å²) < 4.78 is 25.3. The van der Waals surface area contributed by atoms with Crippen LogP contribution in [0.1, 0.15) is 41.6 Å². The minimum atomic E-state index is -2.09. The molecule has 0 unspecified atom stereocenters. The van der Waals surface area contributed by atoms with Crippen LogP contribution in [0.3, 0.4) is 0 Å². The van der Waals surface area contributed by atoms with E-state index in [4.69, 9.17) is 9.10 Å². The van der Waals surface area contributed by atoms with E-state index in [1.807, 2.05) is 18.2 Å². The third-order valence-corrected chi connectivity index (χ3v) is 10.4. The third kappa shape index (κ3) is 7.88. The molecule has 0 amide bonds. The second-order valence-electron chi connectivity index (χ2n) is 14.4. The molecule has 3 nitrogen and oxygen atoms in total. The fourth-order valence-electron chi connectivity index (χ4n) is 6.83. The predicted molar refractivity (Wildman–Crippen MR) is 228 cm³/mol. The number of benzene rings is 6. The van der Waals surface area contributed by atoms with Crippen molar-refractivity contribution >= 4 is 32.5 Å². The molecule has 3 heterocycles. The average Bonchev–Trinajstić information content (AvgIpc) is 3.82. The summed E-state index contributed by atoms with van der Waals surface area (Å²) in [4.78, 5) is 9.41. The molecule has 0 aliphatic rings. The summed E-state index contributed by atoms with van der Waals surface area (Å²) >= 11 is 1.68. The molecular weight excluding hydrogens is 867 g/mol. The molecule has 0 spiro atoms. The monoisotopic (exact) mass is 911 g/mol. The molecule has 9 aromatic rings. The van der Waals surface area contributed by atoms with Gasteiger partial charge in [0.15, 0.2) is 0 Å². The zero-order valence-electron chi connectivity index (χ0n) is 34.1. The normalized spacial score (nSPS) is 12.3. The van der Waals surface area contributed by atoms with Gasteiger partial charge >= 0.3 is 0 Å². The summed E-state index contributed by atoms with van der Waals surface area (Å²) in [6, 6.07) is 55.1. The number of fused-ring (bicyclic) bond motifs is 2. The topological polar surface area (TPSA) is 30.7 Å². The van der Waals surface area contributed by atoms with E-state index >= 15 is 0 Å². The molecule has 55 heavy (non-hydrogen) atoms.